The van der Waals surface area contributed by atoms with Crippen LogP contribution in [-0.4, -0.2) is 17.1 Å². The standard InChI is InChI=1S/C11H14BrNO2S/c12-10-5-4-7(16-10)6-13-11(15)8-2-1-3-9(8)14/h4-5,8-9,14H,1-3,6H2,(H,13,15). The van der Waals surface area contributed by atoms with Crippen molar-refractivity contribution >= 4 is 33.2 Å². The maximum absolute atomic E-state index is 11.8. The van der Waals surface area contributed by atoms with Gasteiger partial charge in [-0.05, 0) is 47.3 Å². The quantitative estimate of drug-likeness (QED) is 0.900. The van der Waals surface area contributed by atoms with Gasteiger partial charge < -0.3 is 10.4 Å². The van der Waals surface area contributed by atoms with Crippen LogP contribution < -0.4 is 5.32 Å². The zero-order chi connectivity index (χ0) is 11.5. The van der Waals surface area contributed by atoms with Crippen LogP contribution >= 0.6 is 27.3 Å². The van der Waals surface area contributed by atoms with Gasteiger partial charge in [-0.1, -0.05) is 0 Å². The summed E-state index contributed by atoms with van der Waals surface area (Å²) < 4.78 is 1.07. The van der Waals surface area contributed by atoms with Gasteiger partial charge in [0.25, 0.3) is 0 Å². The summed E-state index contributed by atoms with van der Waals surface area (Å²) in [4.78, 5) is 12.9. The Bertz CT molecular complexity index is 380. The van der Waals surface area contributed by atoms with E-state index in [1.165, 1.54) is 0 Å². The Morgan fingerprint density at radius 1 is 1.56 bits per heavy atom. The molecular weight excluding hydrogens is 290 g/mol. The lowest BCUT2D eigenvalue weighted by molar-refractivity contribution is -0.127. The van der Waals surface area contributed by atoms with Crippen molar-refractivity contribution in [2.45, 2.75) is 31.9 Å². The smallest absolute Gasteiger partial charge is 0.226 e. The molecular formula is C11H14BrNO2S. The zero-order valence-electron chi connectivity index (χ0n) is 8.78. The number of aliphatic hydroxyl groups excluding tert-OH is 1. The third kappa shape index (κ3) is 2.84. The van der Waals surface area contributed by atoms with Crippen LogP contribution in [0, 0.1) is 5.92 Å². The lowest BCUT2D eigenvalue weighted by Gasteiger charge is -2.13. The summed E-state index contributed by atoms with van der Waals surface area (Å²) >= 11 is 4.99. The van der Waals surface area contributed by atoms with Crippen LogP contribution in [0.1, 0.15) is 24.1 Å². The molecule has 1 amide bonds. The number of amides is 1. The van der Waals surface area contributed by atoms with Crippen molar-refractivity contribution in [3.63, 3.8) is 0 Å². The first kappa shape index (κ1) is 12.1. The Morgan fingerprint density at radius 2 is 2.38 bits per heavy atom. The summed E-state index contributed by atoms with van der Waals surface area (Å²) in [5, 5.41) is 12.5. The van der Waals surface area contributed by atoms with Gasteiger partial charge in [0.2, 0.25) is 5.91 Å². The summed E-state index contributed by atoms with van der Waals surface area (Å²) in [5.41, 5.74) is 0. The van der Waals surface area contributed by atoms with Gasteiger partial charge >= 0.3 is 0 Å². The maximum atomic E-state index is 11.8. The number of carbonyl (C=O) groups excluding carboxylic acids is 1. The van der Waals surface area contributed by atoms with Crippen molar-refractivity contribution in [1.29, 1.82) is 0 Å². The van der Waals surface area contributed by atoms with Gasteiger partial charge in [-0.15, -0.1) is 11.3 Å². The predicted molar refractivity (Wildman–Crippen MR) is 67.2 cm³/mol. The molecule has 0 bridgehead atoms. The third-order valence-corrected chi connectivity index (χ3v) is 4.51. The van der Waals surface area contributed by atoms with E-state index >= 15 is 0 Å². The highest BCUT2D eigenvalue weighted by Crippen LogP contribution is 2.26. The molecule has 1 aliphatic carbocycles. The molecule has 5 heteroatoms. The van der Waals surface area contributed by atoms with Gasteiger partial charge in [0, 0.05) is 4.88 Å². The molecule has 16 heavy (non-hydrogen) atoms. The molecule has 0 spiro atoms. The molecule has 1 saturated carbocycles. The van der Waals surface area contributed by atoms with E-state index in [0.29, 0.717) is 6.54 Å². The molecule has 1 heterocycles. The van der Waals surface area contributed by atoms with Crippen LogP contribution in [0.2, 0.25) is 0 Å². The molecule has 1 aromatic heterocycles. The lowest BCUT2D eigenvalue weighted by atomic mass is 10.1. The molecule has 88 valence electrons. The molecule has 2 rings (SSSR count). The first-order chi connectivity index (χ1) is 7.66. The van der Waals surface area contributed by atoms with E-state index in [-0.39, 0.29) is 11.8 Å². The number of hydrogen-bond donors (Lipinski definition) is 2. The molecule has 1 aliphatic rings. The Kier molecular flexibility index (Phi) is 4.00. The number of thiophene rings is 1. The van der Waals surface area contributed by atoms with Crippen molar-refractivity contribution < 1.29 is 9.90 Å². The Labute approximate surface area is 107 Å². The van der Waals surface area contributed by atoms with Crippen LogP contribution in [0.5, 0.6) is 0 Å². The largest absolute Gasteiger partial charge is 0.392 e. The molecule has 2 N–H and O–H groups in total. The summed E-state index contributed by atoms with van der Waals surface area (Å²) in [6, 6.07) is 3.96. The highest BCUT2D eigenvalue weighted by atomic mass is 79.9. The Balaban J connectivity index is 1.83. The fourth-order valence-corrected chi connectivity index (χ4v) is 3.42. The number of hydrogen-bond acceptors (Lipinski definition) is 3. The number of rotatable bonds is 3. The Hall–Kier alpha value is -0.390. The molecule has 1 fully saturated rings. The van der Waals surface area contributed by atoms with Gasteiger partial charge in [0.05, 0.1) is 22.4 Å². The SMILES string of the molecule is O=C(NCc1ccc(Br)s1)C1CCCC1O. The van der Waals surface area contributed by atoms with Crippen molar-refractivity contribution in [3.05, 3.63) is 20.8 Å². The molecule has 0 aliphatic heterocycles. The maximum Gasteiger partial charge on any atom is 0.226 e. The van der Waals surface area contributed by atoms with Crippen molar-refractivity contribution in [2.75, 3.05) is 0 Å². The zero-order valence-corrected chi connectivity index (χ0v) is 11.2. The fraction of sp³-hybridized carbons (Fsp3) is 0.545. The van der Waals surface area contributed by atoms with Crippen LogP contribution in [-0.2, 0) is 11.3 Å². The van der Waals surface area contributed by atoms with Crippen molar-refractivity contribution in [1.82, 2.24) is 5.32 Å². The fourth-order valence-electron chi connectivity index (χ4n) is 2.00. The highest BCUT2D eigenvalue weighted by Gasteiger charge is 2.31. The average Bonchev–Trinajstić information content (AvgIpc) is 2.84. The molecule has 3 nitrogen and oxygen atoms in total. The minimum absolute atomic E-state index is 0.0190. The molecule has 2 unspecified atom stereocenters. The molecule has 0 aromatic carbocycles. The first-order valence-corrected chi connectivity index (χ1v) is 6.98. The third-order valence-electron chi connectivity index (χ3n) is 2.88. The monoisotopic (exact) mass is 303 g/mol. The second kappa shape index (κ2) is 5.29. The van der Waals surface area contributed by atoms with Gasteiger partial charge in [-0.3, -0.25) is 4.79 Å². The summed E-state index contributed by atoms with van der Waals surface area (Å²) in [6.07, 6.45) is 2.06. The van der Waals surface area contributed by atoms with E-state index in [2.05, 4.69) is 21.2 Å². The van der Waals surface area contributed by atoms with Gasteiger partial charge in [-0.2, -0.15) is 0 Å². The predicted octanol–water partition coefficient (Wildman–Crippen LogP) is 2.29. The molecule has 0 saturated heterocycles. The highest BCUT2D eigenvalue weighted by molar-refractivity contribution is 9.11. The topological polar surface area (TPSA) is 49.3 Å². The molecule has 2 atom stereocenters. The number of carbonyl (C=O) groups is 1. The van der Waals surface area contributed by atoms with E-state index in [1.807, 2.05) is 12.1 Å². The van der Waals surface area contributed by atoms with E-state index < -0.39 is 6.10 Å². The first-order valence-electron chi connectivity index (χ1n) is 5.37. The summed E-state index contributed by atoms with van der Waals surface area (Å²) in [6.45, 7) is 0.554. The van der Waals surface area contributed by atoms with E-state index in [4.69, 9.17) is 0 Å². The van der Waals surface area contributed by atoms with Crippen LogP contribution in [0.4, 0.5) is 0 Å². The van der Waals surface area contributed by atoms with Crippen LogP contribution in [0.3, 0.4) is 0 Å². The van der Waals surface area contributed by atoms with Crippen LogP contribution in [0.15, 0.2) is 15.9 Å². The average molecular weight is 304 g/mol. The van der Waals surface area contributed by atoms with Crippen LogP contribution in [0.25, 0.3) is 0 Å². The normalized spacial score (nSPS) is 24.6. The minimum Gasteiger partial charge on any atom is -0.392 e. The second-order valence-corrected chi connectivity index (χ2v) is 6.58. The van der Waals surface area contributed by atoms with Gasteiger partial charge in [0.15, 0.2) is 0 Å². The minimum atomic E-state index is -0.449. The van der Waals surface area contributed by atoms with Gasteiger partial charge in [-0.25, -0.2) is 0 Å². The molecule has 0 radical (unpaired) electrons. The van der Waals surface area contributed by atoms with E-state index in [0.717, 1.165) is 27.9 Å². The van der Waals surface area contributed by atoms with Crippen molar-refractivity contribution in [2.24, 2.45) is 5.92 Å². The van der Waals surface area contributed by atoms with Gasteiger partial charge in [0.1, 0.15) is 0 Å². The van der Waals surface area contributed by atoms with E-state index in [1.54, 1.807) is 11.3 Å². The molecule has 1 aromatic rings. The summed E-state index contributed by atoms with van der Waals surface area (Å²) in [7, 11) is 0. The number of nitrogens with one attached hydrogen (secondary N) is 1. The summed E-state index contributed by atoms with van der Waals surface area (Å²) in [5.74, 6) is -0.224. The number of aliphatic hydroxyl groups is 1. The van der Waals surface area contributed by atoms with Crippen molar-refractivity contribution in [3.8, 4) is 0 Å². The Morgan fingerprint density at radius 3 is 2.94 bits per heavy atom. The number of halogens is 1. The lowest BCUT2D eigenvalue weighted by Crippen LogP contribution is -2.34. The second-order valence-electron chi connectivity index (χ2n) is 4.03. The van der Waals surface area contributed by atoms with E-state index in [9.17, 15) is 9.90 Å².